The van der Waals surface area contributed by atoms with Gasteiger partial charge in [-0.05, 0) is 60.5 Å². The molecular formula is C26H25N3O5. The van der Waals surface area contributed by atoms with Crippen LogP contribution in [0.3, 0.4) is 0 Å². The molecule has 0 unspecified atom stereocenters. The number of rotatable bonds is 9. The molecule has 34 heavy (non-hydrogen) atoms. The lowest BCUT2D eigenvalue weighted by molar-refractivity contribution is -0.143. The van der Waals surface area contributed by atoms with Crippen LogP contribution in [0.2, 0.25) is 0 Å². The van der Waals surface area contributed by atoms with Gasteiger partial charge in [0.25, 0.3) is 5.91 Å². The average molecular weight is 460 g/mol. The first-order valence-corrected chi connectivity index (χ1v) is 11.0. The van der Waals surface area contributed by atoms with Crippen molar-refractivity contribution in [3.8, 4) is 5.75 Å². The van der Waals surface area contributed by atoms with Gasteiger partial charge in [0.05, 0.1) is 5.69 Å². The fraction of sp³-hybridized carbons (Fsp3) is 0.231. The number of carbonyl (C=O) groups is 3. The van der Waals surface area contributed by atoms with Crippen molar-refractivity contribution in [3.63, 3.8) is 0 Å². The third kappa shape index (κ3) is 6.19. The Morgan fingerprint density at radius 2 is 1.76 bits per heavy atom. The average Bonchev–Trinajstić information content (AvgIpc) is 3.32. The van der Waals surface area contributed by atoms with Gasteiger partial charge in [-0.1, -0.05) is 18.2 Å². The number of ether oxygens (including phenoxy) is 2. The number of anilines is 1. The van der Waals surface area contributed by atoms with Crippen molar-refractivity contribution in [2.75, 3.05) is 18.0 Å². The SMILES string of the molecule is O=C(CNC(=O)c1ccc(N2CCCC2=O)cc1)OCc1ccc(OCc2ccccn2)cc1. The van der Waals surface area contributed by atoms with Gasteiger partial charge >= 0.3 is 5.97 Å². The Kier molecular flexibility index (Phi) is 7.49. The van der Waals surface area contributed by atoms with Crippen molar-refractivity contribution in [2.45, 2.75) is 26.1 Å². The molecule has 8 heteroatoms. The zero-order chi connectivity index (χ0) is 23.8. The number of hydrogen-bond donors (Lipinski definition) is 1. The highest BCUT2D eigenvalue weighted by Gasteiger charge is 2.21. The van der Waals surface area contributed by atoms with E-state index < -0.39 is 5.97 Å². The number of nitrogens with zero attached hydrogens (tertiary/aromatic N) is 2. The molecule has 0 saturated carbocycles. The third-order valence-electron chi connectivity index (χ3n) is 5.34. The van der Waals surface area contributed by atoms with Gasteiger partial charge in [0, 0.05) is 30.4 Å². The normalized spacial score (nSPS) is 12.9. The fourth-order valence-electron chi connectivity index (χ4n) is 3.51. The Morgan fingerprint density at radius 3 is 2.44 bits per heavy atom. The second kappa shape index (κ2) is 11.1. The number of carbonyl (C=O) groups excluding carboxylic acids is 3. The predicted molar refractivity (Wildman–Crippen MR) is 125 cm³/mol. The zero-order valence-electron chi connectivity index (χ0n) is 18.6. The zero-order valence-corrected chi connectivity index (χ0v) is 18.6. The van der Waals surface area contributed by atoms with Gasteiger partial charge in [0.15, 0.2) is 0 Å². The maximum Gasteiger partial charge on any atom is 0.325 e. The van der Waals surface area contributed by atoms with E-state index in [2.05, 4.69) is 10.3 Å². The molecule has 1 aliphatic heterocycles. The molecule has 1 aliphatic rings. The van der Waals surface area contributed by atoms with E-state index in [9.17, 15) is 14.4 Å². The number of benzene rings is 2. The molecular weight excluding hydrogens is 434 g/mol. The number of pyridine rings is 1. The number of aromatic nitrogens is 1. The van der Waals surface area contributed by atoms with Crippen molar-refractivity contribution in [2.24, 2.45) is 0 Å². The molecule has 8 nitrogen and oxygen atoms in total. The van der Waals surface area contributed by atoms with Gasteiger partial charge in [-0.3, -0.25) is 19.4 Å². The largest absolute Gasteiger partial charge is 0.487 e. The summed E-state index contributed by atoms with van der Waals surface area (Å²) in [7, 11) is 0. The molecule has 0 spiro atoms. The molecule has 1 N–H and O–H groups in total. The maximum atomic E-state index is 12.3. The Balaban J connectivity index is 1.18. The van der Waals surface area contributed by atoms with Crippen LogP contribution in [-0.2, 0) is 27.5 Å². The summed E-state index contributed by atoms with van der Waals surface area (Å²) >= 11 is 0. The topological polar surface area (TPSA) is 97.8 Å². The quantitative estimate of drug-likeness (QED) is 0.494. The second-order valence-electron chi connectivity index (χ2n) is 7.79. The van der Waals surface area contributed by atoms with Crippen LogP contribution in [0.1, 0.15) is 34.5 Å². The number of nitrogens with one attached hydrogen (secondary N) is 1. The Labute approximate surface area is 197 Å². The first-order chi connectivity index (χ1) is 16.6. The van der Waals surface area contributed by atoms with E-state index in [1.54, 1.807) is 47.5 Å². The first-order valence-electron chi connectivity index (χ1n) is 11.0. The summed E-state index contributed by atoms with van der Waals surface area (Å²) < 4.78 is 10.9. The molecule has 2 aromatic carbocycles. The lowest BCUT2D eigenvalue weighted by Gasteiger charge is -2.15. The van der Waals surface area contributed by atoms with Crippen molar-refractivity contribution in [3.05, 3.63) is 89.7 Å². The van der Waals surface area contributed by atoms with Gasteiger partial charge in [-0.2, -0.15) is 0 Å². The summed E-state index contributed by atoms with van der Waals surface area (Å²) in [5.41, 5.74) is 2.81. The van der Waals surface area contributed by atoms with Crippen LogP contribution in [0, 0.1) is 0 Å². The molecule has 0 bridgehead atoms. The summed E-state index contributed by atoms with van der Waals surface area (Å²) in [6.07, 6.45) is 3.11. The molecule has 2 heterocycles. The minimum absolute atomic E-state index is 0.0894. The molecule has 0 atom stereocenters. The van der Waals surface area contributed by atoms with E-state index in [4.69, 9.17) is 9.47 Å². The molecule has 174 valence electrons. The molecule has 0 aliphatic carbocycles. The number of hydrogen-bond acceptors (Lipinski definition) is 6. The van der Waals surface area contributed by atoms with E-state index in [1.807, 2.05) is 30.3 Å². The summed E-state index contributed by atoms with van der Waals surface area (Å²) in [5, 5.41) is 2.55. The molecule has 2 amide bonds. The van der Waals surface area contributed by atoms with E-state index in [1.165, 1.54) is 0 Å². The highest BCUT2D eigenvalue weighted by molar-refractivity contribution is 5.98. The van der Waals surface area contributed by atoms with Gasteiger partial charge < -0.3 is 19.7 Å². The number of esters is 1. The number of amides is 2. The van der Waals surface area contributed by atoms with Gasteiger partial charge in [-0.15, -0.1) is 0 Å². The lowest BCUT2D eigenvalue weighted by atomic mass is 10.2. The van der Waals surface area contributed by atoms with Crippen molar-refractivity contribution in [1.82, 2.24) is 10.3 Å². The van der Waals surface area contributed by atoms with Crippen molar-refractivity contribution < 1.29 is 23.9 Å². The summed E-state index contributed by atoms with van der Waals surface area (Å²) in [6.45, 7) is 0.912. The molecule has 4 rings (SSSR count). The van der Waals surface area contributed by atoms with Crippen molar-refractivity contribution in [1.29, 1.82) is 0 Å². The van der Waals surface area contributed by atoms with E-state index in [-0.39, 0.29) is 25.0 Å². The van der Waals surface area contributed by atoms with Crippen LogP contribution in [0.25, 0.3) is 0 Å². The van der Waals surface area contributed by atoms with E-state index in [0.717, 1.165) is 23.4 Å². The molecule has 1 fully saturated rings. The highest BCUT2D eigenvalue weighted by atomic mass is 16.5. The van der Waals surface area contributed by atoms with Crippen LogP contribution < -0.4 is 15.0 Å². The van der Waals surface area contributed by atoms with Gasteiger partial charge in [-0.25, -0.2) is 0 Å². The van der Waals surface area contributed by atoms with Crippen LogP contribution in [-0.4, -0.2) is 35.9 Å². The van der Waals surface area contributed by atoms with Gasteiger partial charge in [0.2, 0.25) is 5.91 Å². The summed E-state index contributed by atoms with van der Waals surface area (Å²) in [4.78, 5) is 42.1. The molecule has 0 radical (unpaired) electrons. The Morgan fingerprint density at radius 1 is 0.971 bits per heavy atom. The van der Waals surface area contributed by atoms with Crippen LogP contribution in [0.5, 0.6) is 5.75 Å². The predicted octanol–water partition coefficient (Wildman–Crippen LogP) is 3.26. The Bertz CT molecular complexity index is 1130. The van der Waals surface area contributed by atoms with Crippen LogP contribution in [0.15, 0.2) is 72.9 Å². The minimum atomic E-state index is -0.539. The van der Waals surface area contributed by atoms with Crippen LogP contribution >= 0.6 is 0 Å². The second-order valence-corrected chi connectivity index (χ2v) is 7.79. The van der Waals surface area contributed by atoms with E-state index in [0.29, 0.717) is 30.9 Å². The monoisotopic (exact) mass is 459 g/mol. The lowest BCUT2D eigenvalue weighted by Crippen LogP contribution is -2.30. The molecule has 1 aromatic heterocycles. The third-order valence-corrected chi connectivity index (χ3v) is 5.34. The maximum absolute atomic E-state index is 12.3. The summed E-state index contributed by atoms with van der Waals surface area (Å²) in [5.74, 6) is -0.145. The van der Waals surface area contributed by atoms with Crippen molar-refractivity contribution >= 4 is 23.5 Å². The van der Waals surface area contributed by atoms with Crippen LogP contribution in [0.4, 0.5) is 5.69 Å². The molecule has 1 saturated heterocycles. The minimum Gasteiger partial charge on any atom is -0.487 e. The standard InChI is InChI=1S/C26H25N3O5/c30-24-5-3-15-29(24)22-10-8-20(9-11-22)26(32)28-16-25(31)34-17-19-6-12-23(13-7-19)33-18-21-4-1-2-14-27-21/h1-2,4,6-14H,3,5,15-18H2,(H,28,32). The highest BCUT2D eigenvalue weighted by Crippen LogP contribution is 2.21. The first kappa shape index (κ1) is 23.0. The van der Waals surface area contributed by atoms with E-state index >= 15 is 0 Å². The van der Waals surface area contributed by atoms with Gasteiger partial charge in [0.1, 0.15) is 25.5 Å². The Hall–Kier alpha value is -4.20. The fourth-order valence-corrected chi connectivity index (χ4v) is 3.51. The smallest absolute Gasteiger partial charge is 0.325 e. The molecule has 3 aromatic rings. The summed E-state index contributed by atoms with van der Waals surface area (Å²) in [6, 6.07) is 19.6.